The van der Waals surface area contributed by atoms with Crippen molar-refractivity contribution in [3.05, 3.63) is 23.3 Å². The van der Waals surface area contributed by atoms with Gasteiger partial charge in [0.2, 0.25) is 0 Å². The van der Waals surface area contributed by atoms with Gasteiger partial charge in [-0.3, -0.25) is 0 Å². The summed E-state index contributed by atoms with van der Waals surface area (Å²) in [6, 6.07) is 3.85. The van der Waals surface area contributed by atoms with Gasteiger partial charge in [0, 0.05) is 6.04 Å². The van der Waals surface area contributed by atoms with E-state index < -0.39 is 5.97 Å². The maximum atomic E-state index is 11.0. The monoisotopic (exact) mass is 279 g/mol. The number of carbonyl (C=O) groups is 1. The van der Waals surface area contributed by atoms with Crippen LogP contribution >= 0.6 is 0 Å². The highest BCUT2D eigenvalue weighted by molar-refractivity contribution is 5.97. The molecule has 5 heteroatoms. The van der Waals surface area contributed by atoms with Gasteiger partial charge >= 0.3 is 5.97 Å². The number of carboxylic acid groups (broad SMARTS) is 1. The van der Waals surface area contributed by atoms with Crippen LogP contribution in [0.2, 0.25) is 0 Å². The smallest absolute Gasteiger partial charge is 0.337 e. The van der Waals surface area contributed by atoms with Gasteiger partial charge < -0.3 is 21.5 Å². The van der Waals surface area contributed by atoms with Gasteiger partial charge in [0.25, 0.3) is 0 Å². The molecule has 0 spiro atoms. The largest absolute Gasteiger partial charge is 0.478 e. The molecule has 1 rings (SSSR count). The van der Waals surface area contributed by atoms with Gasteiger partial charge in [-0.15, -0.1) is 0 Å². The number of hydrogen-bond acceptors (Lipinski definition) is 4. The normalized spacial score (nSPS) is 12.6. The molecule has 1 aromatic carbocycles. The summed E-state index contributed by atoms with van der Waals surface area (Å²) in [6.07, 6.45) is 2.90. The molecule has 20 heavy (non-hydrogen) atoms. The van der Waals surface area contributed by atoms with Crippen molar-refractivity contribution < 1.29 is 9.90 Å². The number of hydrogen-bond donors (Lipinski definition) is 3. The lowest BCUT2D eigenvalue weighted by atomic mass is 10.0. The standard InChI is InChI=1S/C15H25N3O2/c1-4-10(2)18(3)9-5-6-11-7-8-12(15(19)20)14(17)13(11)16/h7-8,10H,4-6,9,16-17H2,1-3H3,(H,19,20). The Morgan fingerprint density at radius 2 is 2.00 bits per heavy atom. The van der Waals surface area contributed by atoms with Crippen LogP contribution in [0.4, 0.5) is 11.4 Å². The Morgan fingerprint density at radius 1 is 1.35 bits per heavy atom. The molecule has 0 saturated carbocycles. The Labute approximate surface area is 120 Å². The number of nitrogens with two attached hydrogens (primary N) is 2. The number of rotatable bonds is 7. The second-order valence-electron chi connectivity index (χ2n) is 5.25. The van der Waals surface area contributed by atoms with Gasteiger partial charge in [0.1, 0.15) is 0 Å². The zero-order valence-electron chi connectivity index (χ0n) is 12.5. The fraction of sp³-hybridized carbons (Fsp3) is 0.533. The van der Waals surface area contributed by atoms with Gasteiger partial charge in [-0.25, -0.2) is 4.79 Å². The third kappa shape index (κ3) is 3.87. The number of nitrogens with zero attached hydrogens (tertiary/aromatic N) is 1. The molecule has 1 unspecified atom stereocenters. The lowest BCUT2D eigenvalue weighted by Crippen LogP contribution is -2.29. The highest BCUT2D eigenvalue weighted by atomic mass is 16.4. The van der Waals surface area contributed by atoms with Gasteiger partial charge in [-0.2, -0.15) is 0 Å². The number of anilines is 2. The molecule has 1 aromatic rings. The van der Waals surface area contributed by atoms with Crippen molar-refractivity contribution in [2.75, 3.05) is 25.1 Å². The van der Waals surface area contributed by atoms with Crippen molar-refractivity contribution in [2.45, 2.75) is 39.2 Å². The van der Waals surface area contributed by atoms with Crippen molar-refractivity contribution in [3.63, 3.8) is 0 Å². The van der Waals surface area contributed by atoms with Crippen molar-refractivity contribution >= 4 is 17.3 Å². The van der Waals surface area contributed by atoms with Gasteiger partial charge in [0.05, 0.1) is 16.9 Å². The second kappa shape index (κ2) is 7.14. The summed E-state index contributed by atoms with van der Waals surface area (Å²) in [5, 5.41) is 8.98. The maximum Gasteiger partial charge on any atom is 0.337 e. The van der Waals surface area contributed by atoms with Crippen LogP contribution in [-0.4, -0.2) is 35.6 Å². The van der Waals surface area contributed by atoms with Crippen LogP contribution in [0.3, 0.4) is 0 Å². The van der Waals surface area contributed by atoms with E-state index in [0.717, 1.165) is 31.4 Å². The minimum atomic E-state index is -1.04. The Hall–Kier alpha value is -1.75. The first-order valence-corrected chi connectivity index (χ1v) is 6.98. The fourth-order valence-electron chi connectivity index (χ4n) is 2.14. The fourth-order valence-corrected chi connectivity index (χ4v) is 2.14. The lowest BCUT2D eigenvalue weighted by Gasteiger charge is -2.23. The Morgan fingerprint density at radius 3 is 2.55 bits per heavy atom. The number of aromatic carboxylic acids is 1. The Bertz CT molecular complexity index is 474. The third-order valence-corrected chi connectivity index (χ3v) is 3.91. The predicted molar refractivity (Wildman–Crippen MR) is 82.9 cm³/mol. The Kier molecular flexibility index (Phi) is 5.82. The van der Waals surface area contributed by atoms with Crippen molar-refractivity contribution in [1.29, 1.82) is 0 Å². The summed E-state index contributed by atoms with van der Waals surface area (Å²) >= 11 is 0. The molecule has 0 amide bonds. The number of benzene rings is 1. The highest BCUT2D eigenvalue weighted by Crippen LogP contribution is 2.25. The molecule has 0 saturated heterocycles. The van der Waals surface area contributed by atoms with E-state index in [-0.39, 0.29) is 11.3 Å². The van der Waals surface area contributed by atoms with Crippen LogP contribution in [0.5, 0.6) is 0 Å². The van der Waals surface area contributed by atoms with Crippen molar-refractivity contribution in [3.8, 4) is 0 Å². The summed E-state index contributed by atoms with van der Waals surface area (Å²) in [4.78, 5) is 13.3. The van der Waals surface area contributed by atoms with E-state index in [1.165, 1.54) is 6.07 Å². The molecule has 0 aliphatic carbocycles. The maximum absolute atomic E-state index is 11.0. The van der Waals surface area contributed by atoms with Crippen LogP contribution in [0, 0.1) is 0 Å². The molecular formula is C15H25N3O2. The quantitative estimate of drug-likeness (QED) is 0.665. The molecule has 5 N–H and O–H groups in total. The predicted octanol–water partition coefficient (Wildman–Crippen LogP) is 2.21. The van der Waals surface area contributed by atoms with Gasteiger partial charge in [-0.1, -0.05) is 13.0 Å². The molecule has 0 fully saturated rings. The first-order chi connectivity index (χ1) is 9.38. The third-order valence-electron chi connectivity index (χ3n) is 3.91. The van der Waals surface area contributed by atoms with E-state index in [0.29, 0.717) is 11.7 Å². The molecule has 1 atom stereocenters. The topological polar surface area (TPSA) is 92.6 Å². The van der Waals surface area contributed by atoms with Crippen molar-refractivity contribution in [1.82, 2.24) is 4.90 Å². The summed E-state index contributed by atoms with van der Waals surface area (Å²) in [6.45, 7) is 5.35. The lowest BCUT2D eigenvalue weighted by molar-refractivity contribution is 0.0698. The zero-order valence-corrected chi connectivity index (χ0v) is 12.5. The number of aryl methyl sites for hydroxylation is 1. The van der Waals surface area contributed by atoms with Crippen LogP contribution in [0.1, 0.15) is 42.6 Å². The van der Waals surface area contributed by atoms with Crippen LogP contribution in [0.25, 0.3) is 0 Å². The van der Waals surface area contributed by atoms with Crippen LogP contribution < -0.4 is 11.5 Å². The molecule has 0 aliphatic rings. The van der Waals surface area contributed by atoms with E-state index in [1.54, 1.807) is 6.07 Å². The molecule has 0 heterocycles. The minimum absolute atomic E-state index is 0.0722. The molecular weight excluding hydrogens is 254 g/mol. The molecule has 0 aromatic heterocycles. The van der Waals surface area contributed by atoms with E-state index in [4.69, 9.17) is 16.6 Å². The molecule has 0 radical (unpaired) electrons. The molecule has 0 bridgehead atoms. The van der Waals surface area contributed by atoms with Gasteiger partial charge in [0.15, 0.2) is 0 Å². The average Bonchev–Trinajstić information content (AvgIpc) is 2.42. The second-order valence-corrected chi connectivity index (χ2v) is 5.25. The zero-order chi connectivity index (χ0) is 15.3. The minimum Gasteiger partial charge on any atom is -0.478 e. The summed E-state index contributed by atoms with van der Waals surface area (Å²) < 4.78 is 0. The van der Waals surface area contributed by atoms with Gasteiger partial charge in [-0.05, 0) is 51.4 Å². The molecule has 0 aliphatic heterocycles. The van der Waals surface area contributed by atoms with E-state index in [1.807, 2.05) is 0 Å². The highest BCUT2D eigenvalue weighted by Gasteiger charge is 2.13. The molecule has 5 nitrogen and oxygen atoms in total. The van der Waals surface area contributed by atoms with Crippen LogP contribution in [0.15, 0.2) is 12.1 Å². The SMILES string of the molecule is CCC(C)N(C)CCCc1ccc(C(=O)O)c(N)c1N. The number of carboxylic acids is 1. The first-order valence-electron chi connectivity index (χ1n) is 6.98. The number of nitrogen functional groups attached to an aromatic ring is 2. The summed E-state index contributed by atoms with van der Waals surface area (Å²) in [5.74, 6) is -1.04. The summed E-state index contributed by atoms with van der Waals surface area (Å²) in [7, 11) is 2.11. The van der Waals surface area contributed by atoms with E-state index in [2.05, 4.69) is 25.8 Å². The average molecular weight is 279 g/mol. The molecule has 112 valence electrons. The van der Waals surface area contributed by atoms with E-state index >= 15 is 0 Å². The summed E-state index contributed by atoms with van der Waals surface area (Å²) in [5.41, 5.74) is 13.3. The van der Waals surface area contributed by atoms with Crippen LogP contribution in [-0.2, 0) is 6.42 Å². The van der Waals surface area contributed by atoms with E-state index in [9.17, 15) is 4.79 Å². The van der Waals surface area contributed by atoms with Crippen molar-refractivity contribution in [2.24, 2.45) is 0 Å². The Balaban J connectivity index is 2.66. The first kappa shape index (κ1) is 16.3.